The van der Waals surface area contributed by atoms with Gasteiger partial charge in [0.1, 0.15) is 0 Å². The van der Waals surface area contributed by atoms with E-state index in [1.165, 1.54) is 24.6 Å². The lowest BCUT2D eigenvalue weighted by Gasteiger charge is -2.15. The van der Waals surface area contributed by atoms with Gasteiger partial charge in [0.15, 0.2) is 0 Å². The van der Waals surface area contributed by atoms with E-state index in [0.717, 1.165) is 13.1 Å². The van der Waals surface area contributed by atoms with E-state index in [1.54, 1.807) is 14.0 Å². The summed E-state index contributed by atoms with van der Waals surface area (Å²) >= 11 is 1.24. The van der Waals surface area contributed by atoms with E-state index in [2.05, 4.69) is 35.4 Å². The molecule has 0 atom stereocenters. The summed E-state index contributed by atoms with van der Waals surface area (Å²) in [4.78, 5) is 15.3. The Hall–Kier alpha value is -1.90. The standard InChI is InChI=1S/C11H15N7OS/c1-7-16-17-11(19-7)20-10-14-8(12-2)13-9(15-10)18-5-3-4-6-18/h3-6H2,1-2H3,(H,12,13,14,15). The first-order chi connectivity index (χ1) is 9.74. The molecule has 0 aromatic carbocycles. The molecule has 2 aromatic heterocycles. The molecule has 20 heavy (non-hydrogen) atoms. The Morgan fingerprint density at radius 3 is 2.60 bits per heavy atom. The number of rotatable bonds is 4. The molecule has 1 N–H and O–H groups in total. The largest absolute Gasteiger partial charge is 0.416 e. The van der Waals surface area contributed by atoms with Crippen molar-refractivity contribution in [2.75, 3.05) is 30.4 Å². The van der Waals surface area contributed by atoms with Gasteiger partial charge in [-0.2, -0.15) is 15.0 Å². The second kappa shape index (κ2) is 5.61. The molecule has 9 heteroatoms. The van der Waals surface area contributed by atoms with Crippen LogP contribution < -0.4 is 10.2 Å². The first-order valence-corrected chi connectivity index (χ1v) is 7.23. The fourth-order valence-corrected chi connectivity index (χ4v) is 2.62. The topological polar surface area (TPSA) is 92.9 Å². The van der Waals surface area contributed by atoms with Gasteiger partial charge in [-0.15, -0.1) is 10.2 Å². The van der Waals surface area contributed by atoms with Crippen molar-refractivity contribution in [3.63, 3.8) is 0 Å². The number of aryl methyl sites for hydroxylation is 1. The van der Waals surface area contributed by atoms with Gasteiger partial charge < -0.3 is 14.6 Å². The van der Waals surface area contributed by atoms with E-state index in [-0.39, 0.29) is 0 Å². The summed E-state index contributed by atoms with van der Waals surface area (Å²) in [6.45, 7) is 3.72. The predicted molar refractivity (Wildman–Crippen MR) is 74.0 cm³/mol. The molecule has 1 aliphatic rings. The molecular weight excluding hydrogens is 278 g/mol. The Kier molecular flexibility index (Phi) is 3.68. The Balaban J connectivity index is 1.87. The maximum Gasteiger partial charge on any atom is 0.284 e. The fraction of sp³-hybridized carbons (Fsp3) is 0.545. The highest BCUT2D eigenvalue weighted by atomic mass is 32.2. The molecule has 0 spiro atoms. The van der Waals surface area contributed by atoms with Crippen molar-refractivity contribution < 1.29 is 4.42 Å². The minimum atomic E-state index is 0.433. The van der Waals surface area contributed by atoms with Crippen LogP contribution in [0.2, 0.25) is 0 Å². The maximum atomic E-state index is 5.33. The van der Waals surface area contributed by atoms with Gasteiger partial charge in [0.05, 0.1) is 0 Å². The first-order valence-electron chi connectivity index (χ1n) is 6.41. The van der Waals surface area contributed by atoms with Crippen molar-refractivity contribution in [2.24, 2.45) is 0 Å². The van der Waals surface area contributed by atoms with E-state index in [9.17, 15) is 0 Å². The van der Waals surface area contributed by atoms with Gasteiger partial charge in [-0.25, -0.2) is 0 Å². The minimum absolute atomic E-state index is 0.433. The molecule has 0 radical (unpaired) electrons. The van der Waals surface area contributed by atoms with Gasteiger partial charge in [0.2, 0.25) is 22.9 Å². The van der Waals surface area contributed by atoms with Crippen LogP contribution in [0.4, 0.5) is 11.9 Å². The highest BCUT2D eigenvalue weighted by Gasteiger charge is 2.18. The van der Waals surface area contributed by atoms with Gasteiger partial charge in [0.25, 0.3) is 5.22 Å². The lowest BCUT2D eigenvalue weighted by Crippen LogP contribution is -2.21. The first kappa shape index (κ1) is 13.1. The van der Waals surface area contributed by atoms with Gasteiger partial charge in [-0.3, -0.25) is 0 Å². The number of nitrogens with one attached hydrogen (secondary N) is 1. The summed E-state index contributed by atoms with van der Waals surface area (Å²) in [5, 5.41) is 11.7. The highest BCUT2D eigenvalue weighted by Crippen LogP contribution is 2.26. The quantitative estimate of drug-likeness (QED) is 0.896. The van der Waals surface area contributed by atoms with Gasteiger partial charge in [-0.05, 0) is 12.8 Å². The van der Waals surface area contributed by atoms with Crippen molar-refractivity contribution in [3.05, 3.63) is 5.89 Å². The van der Waals surface area contributed by atoms with Crippen molar-refractivity contribution in [2.45, 2.75) is 30.1 Å². The Bertz CT molecular complexity index is 596. The van der Waals surface area contributed by atoms with Gasteiger partial charge in [0, 0.05) is 38.8 Å². The zero-order chi connectivity index (χ0) is 13.9. The second-order valence-corrected chi connectivity index (χ2v) is 5.29. The van der Waals surface area contributed by atoms with Crippen LogP contribution in [0.5, 0.6) is 0 Å². The van der Waals surface area contributed by atoms with Crippen molar-refractivity contribution in [1.29, 1.82) is 0 Å². The van der Waals surface area contributed by atoms with Crippen LogP contribution in [0.1, 0.15) is 18.7 Å². The summed E-state index contributed by atoms with van der Waals surface area (Å²) in [7, 11) is 1.79. The number of hydrogen-bond acceptors (Lipinski definition) is 9. The molecule has 3 rings (SSSR count). The zero-order valence-corrected chi connectivity index (χ0v) is 12.1. The summed E-state index contributed by atoms with van der Waals surface area (Å²) in [6.07, 6.45) is 2.35. The van der Waals surface area contributed by atoms with Gasteiger partial charge >= 0.3 is 0 Å². The van der Waals surface area contributed by atoms with E-state index >= 15 is 0 Å². The lowest BCUT2D eigenvalue weighted by atomic mass is 10.4. The van der Waals surface area contributed by atoms with E-state index in [4.69, 9.17) is 4.42 Å². The smallest absolute Gasteiger partial charge is 0.284 e. The summed E-state index contributed by atoms with van der Waals surface area (Å²) < 4.78 is 5.33. The fourth-order valence-electron chi connectivity index (χ4n) is 1.96. The van der Waals surface area contributed by atoms with Crippen LogP contribution in [0, 0.1) is 6.92 Å². The summed E-state index contributed by atoms with van der Waals surface area (Å²) in [5.74, 6) is 1.76. The molecule has 8 nitrogen and oxygen atoms in total. The number of aromatic nitrogens is 5. The molecule has 0 unspecified atom stereocenters. The van der Waals surface area contributed by atoms with Crippen LogP contribution in [0.3, 0.4) is 0 Å². The Morgan fingerprint density at radius 1 is 1.15 bits per heavy atom. The van der Waals surface area contributed by atoms with Crippen molar-refractivity contribution in [1.82, 2.24) is 25.1 Å². The average Bonchev–Trinajstić information content (AvgIpc) is 3.10. The predicted octanol–water partition coefficient (Wildman–Crippen LogP) is 1.36. The van der Waals surface area contributed by atoms with Crippen molar-refractivity contribution in [3.8, 4) is 0 Å². The molecule has 0 saturated carbocycles. The number of nitrogens with zero attached hydrogens (tertiary/aromatic N) is 6. The lowest BCUT2D eigenvalue weighted by molar-refractivity contribution is 0.429. The molecule has 106 valence electrons. The summed E-state index contributed by atoms with van der Waals surface area (Å²) in [6, 6.07) is 0. The number of anilines is 2. The Labute approximate surface area is 120 Å². The van der Waals surface area contributed by atoms with Crippen LogP contribution in [0.25, 0.3) is 0 Å². The van der Waals surface area contributed by atoms with Crippen LogP contribution in [-0.2, 0) is 0 Å². The molecule has 1 aliphatic heterocycles. The van der Waals surface area contributed by atoms with Crippen LogP contribution >= 0.6 is 11.8 Å². The molecule has 0 aliphatic carbocycles. The van der Waals surface area contributed by atoms with Crippen molar-refractivity contribution >= 4 is 23.7 Å². The maximum absolute atomic E-state index is 5.33. The summed E-state index contributed by atoms with van der Waals surface area (Å²) in [5.41, 5.74) is 0. The third kappa shape index (κ3) is 2.82. The van der Waals surface area contributed by atoms with Crippen LogP contribution in [-0.4, -0.2) is 45.3 Å². The van der Waals surface area contributed by atoms with E-state index in [1.807, 2.05) is 0 Å². The van der Waals surface area contributed by atoms with E-state index < -0.39 is 0 Å². The molecule has 0 bridgehead atoms. The second-order valence-electron chi connectivity index (χ2n) is 4.37. The molecule has 1 saturated heterocycles. The molecule has 1 fully saturated rings. The van der Waals surface area contributed by atoms with Gasteiger partial charge in [-0.1, -0.05) is 0 Å². The average molecular weight is 293 g/mol. The SMILES string of the molecule is CNc1nc(Sc2nnc(C)o2)nc(N2CCCC2)n1. The molecule has 3 heterocycles. The third-order valence-corrected chi connectivity index (χ3v) is 3.61. The molecular formula is C11H15N7OS. The van der Waals surface area contributed by atoms with Crippen LogP contribution in [0.15, 0.2) is 14.8 Å². The van der Waals surface area contributed by atoms with E-state index in [0.29, 0.717) is 28.2 Å². The zero-order valence-electron chi connectivity index (χ0n) is 11.3. The number of hydrogen-bond donors (Lipinski definition) is 1. The normalized spacial score (nSPS) is 14.8. The highest BCUT2D eigenvalue weighted by molar-refractivity contribution is 7.98. The monoisotopic (exact) mass is 293 g/mol. The molecule has 0 amide bonds. The minimum Gasteiger partial charge on any atom is -0.416 e. The third-order valence-electron chi connectivity index (χ3n) is 2.90. The molecule has 2 aromatic rings. The Morgan fingerprint density at radius 2 is 1.95 bits per heavy atom.